The van der Waals surface area contributed by atoms with Gasteiger partial charge in [-0.15, -0.1) is 0 Å². The van der Waals surface area contributed by atoms with Gasteiger partial charge < -0.3 is 14.2 Å². The second kappa shape index (κ2) is 5.60. The second-order valence-corrected chi connectivity index (χ2v) is 2.06. The van der Waals surface area contributed by atoms with E-state index in [0.29, 0.717) is 6.61 Å². The van der Waals surface area contributed by atoms with Gasteiger partial charge in [0.25, 0.3) is 0 Å². The van der Waals surface area contributed by atoms with Crippen molar-refractivity contribution in [1.82, 2.24) is 0 Å². The van der Waals surface area contributed by atoms with Gasteiger partial charge >= 0.3 is 5.97 Å². The van der Waals surface area contributed by atoms with E-state index in [2.05, 4.69) is 11.3 Å². The van der Waals surface area contributed by atoms with Gasteiger partial charge in [-0.05, 0) is 20.4 Å². The van der Waals surface area contributed by atoms with Crippen LogP contribution in [0.2, 0.25) is 0 Å². The van der Waals surface area contributed by atoms with Crippen LogP contribution in [0.15, 0.2) is 12.3 Å². The van der Waals surface area contributed by atoms with Crippen LogP contribution in [0.3, 0.4) is 0 Å². The van der Waals surface area contributed by atoms with Crippen molar-refractivity contribution in [3.05, 3.63) is 12.3 Å². The number of methoxy groups -OCH3 is 1. The van der Waals surface area contributed by atoms with Crippen molar-refractivity contribution >= 4 is 5.97 Å². The summed E-state index contributed by atoms with van der Waals surface area (Å²) in [5, 5.41) is 0. The van der Waals surface area contributed by atoms with Crippen LogP contribution in [0.1, 0.15) is 13.8 Å². The van der Waals surface area contributed by atoms with Crippen LogP contribution in [0.4, 0.5) is 0 Å². The van der Waals surface area contributed by atoms with Gasteiger partial charge in [-0.3, -0.25) is 0 Å². The van der Waals surface area contributed by atoms with Gasteiger partial charge in [-0.25, -0.2) is 4.79 Å². The molecule has 0 saturated heterocycles. The van der Waals surface area contributed by atoms with E-state index in [-0.39, 0.29) is 5.76 Å². The summed E-state index contributed by atoms with van der Waals surface area (Å²) in [4.78, 5) is 10.7. The average Bonchev–Trinajstić information content (AvgIpc) is 2.03. The molecule has 4 nitrogen and oxygen atoms in total. The Morgan fingerprint density at radius 1 is 1.58 bits per heavy atom. The number of hydrogen-bond donors (Lipinski definition) is 0. The van der Waals surface area contributed by atoms with E-state index in [1.165, 1.54) is 7.11 Å². The molecule has 1 atom stereocenters. The Morgan fingerprint density at radius 2 is 2.17 bits per heavy atom. The van der Waals surface area contributed by atoms with Crippen LogP contribution in [-0.2, 0) is 19.0 Å². The number of carbonyl (C=O) groups excluding carboxylic acids is 1. The third kappa shape index (κ3) is 3.98. The van der Waals surface area contributed by atoms with E-state index in [1.54, 1.807) is 6.92 Å². The normalized spacial score (nSPS) is 11.9. The highest BCUT2D eigenvalue weighted by Gasteiger charge is 2.11. The van der Waals surface area contributed by atoms with Crippen molar-refractivity contribution in [3.8, 4) is 0 Å². The number of hydrogen-bond acceptors (Lipinski definition) is 4. The minimum absolute atomic E-state index is 0.0431. The molecule has 0 amide bonds. The van der Waals surface area contributed by atoms with Crippen LogP contribution < -0.4 is 0 Å². The lowest BCUT2D eigenvalue weighted by Gasteiger charge is -2.14. The molecule has 1 unspecified atom stereocenters. The second-order valence-electron chi connectivity index (χ2n) is 2.06. The molecule has 0 saturated carbocycles. The molecule has 0 bridgehead atoms. The van der Waals surface area contributed by atoms with E-state index >= 15 is 0 Å². The van der Waals surface area contributed by atoms with E-state index in [0.717, 1.165) is 0 Å². The fraction of sp³-hybridized carbons (Fsp3) is 0.625. The maximum atomic E-state index is 10.7. The Kier molecular flexibility index (Phi) is 5.12. The van der Waals surface area contributed by atoms with Gasteiger partial charge in [-0.1, -0.05) is 0 Å². The molecule has 0 N–H and O–H groups in total. The molecule has 0 rings (SSSR count). The molecule has 70 valence electrons. The SMILES string of the molecule is C=C(OC(C)OCC)C(=O)OC. The van der Waals surface area contributed by atoms with Crippen LogP contribution in [0.5, 0.6) is 0 Å². The number of rotatable bonds is 5. The van der Waals surface area contributed by atoms with Crippen molar-refractivity contribution in [3.63, 3.8) is 0 Å². The summed E-state index contributed by atoms with van der Waals surface area (Å²) in [7, 11) is 1.27. The van der Waals surface area contributed by atoms with E-state index in [1.807, 2.05) is 6.92 Å². The van der Waals surface area contributed by atoms with E-state index in [4.69, 9.17) is 9.47 Å². The topological polar surface area (TPSA) is 44.8 Å². The predicted molar refractivity (Wildman–Crippen MR) is 43.3 cm³/mol. The van der Waals surface area contributed by atoms with E-state index < -0.39 is 12.3 Å². The van der Waals surface area contributed by atoms with Crippen LogP contribution >= 0.6 is 0 Å². The van der Waals surface area contributed by atoms with Gasteiger partial charge in [0.2, 0.25) is 0 Å². The molecule has 0 aliphatic carbocycles. The van der Waals surface area contributed by atoms with E-state index in [9.17, 15) is 4.79 Å². The van der Waals surface area contributed by atoms with Crippen molar-refractivity contribution in [2.45, 2.75) is 20.1 Å². The van der Waals surface area contributed by atoms with Gasteiger partial charge in [0.1, 0.15) is 0 Å². The fourth-order valence-corrected chi connectivity index (χ4v) is 0.631. The summed E-state index contributed by atoms with van der Waals surface area (Å²) in [6.45, 7) is 7.41. The third-order valence-corrected chi connectivity index (χ3v) is 1.12. The molecule has 0 aliphatic heterocycles. The van der Waals surface area contributed by atoms with Gasteiger partial charge in [0.15, 0.2) is 12.0 Å². The van der Waals surface area contributed by atoms with Crippen molar-refractivity contribution in [2.24, 2.45) is 0 Å². The zero-order chi connectivity index (χ0) is 9.56. The maximum absolute atomic E-state index is 10.7. The van der Waals surface area contributed by atoms with Crippen LogP contribution in [0, 0.1) is 0 Å². The molecule has 0 aromatic rings. The van der Waals surface area contributed by atoms with Crippen molar-refractivity contribution in [2.75, 3.05) is 13.7 Å². The summed E-state index contributed by atoms with van der Waals surface area (Å²) < 4.78 is 14.3. The highest BCUT2D eigenvalue weighted by Crippen LogP contribution is 2.02. The zero-order valence-electron chi connectivity index (χ0n) is 7.62. The predicted octanol–water partition coefficient (Wildman–Crippen LogP) is 1.07. The lowest BCUT2D eigenvalue weighted by atomic mass is 10.5. The molecule has 0 aliphatic rings. The summed E-state index contributed by atoms with van der Waals surface area (Å²) in [5.74, 6) is -0.625. The quantitative estimate of drug-likeness (QED) is 0.271. The van der Waals surface area contributed by atoms with Gasteiger partial charge in [0.05, 0.1) is 7.11 Å². The summed E-state index contributed by atoms with van der Waals surface area (Å²) in [5.41, 5.74) is 0. The average molecular weight is 174 g/mol. The third-order valence-electron chi connectivity index (χ3n) is 1.12. The summed E-state index contributed by atoms with van der Waals surface area (Å²) in [6.07, 6.45) is -0.471. The lowest BCUT2D eigenvalue weighted by molar-refractivity contribution is -0.150. The Labute approximate surface area is 72.1 Å². The number of esters is 1. The molecule has 0 heterocycles. The zero-order valence-corrected chi connectivity index (χ0v) is 7.62. The van der Waals surface area contributed by atoms with Crippen LogP contribution in [0.25, 0.3) is 0 Å². The minimum Gasteiger partial charge on any atom is -0.463 e. The molecule has 0 radical (unpaired) electrons. The standard InChI is InChI=1S/C8H14O4/c1-5-11-7(3)12-6(2)8(9)10-4/h7H,2,5H2,1,3-4H3. The monoisotopic (exact) mass is 174 g/mol. The molecular weight excluding hydrogens is 160 g/mol. The first-order valence-corrected chi connectivity index (χ1v) is 3.67. The maximum Gasteiger partial charge on any atom is 0.372 e. The highest BCUT2D eigenvalue weighted by atomic mass is 16.7. The first-order chi connectivity index (χ1) is 5.61. The number of carbonyl (C=O) groups is 1. The summed E-state index contributed by atoms with van der Waals surface area (Å²) >= 11 is 0. The number of ether oxygens (including phenoxy) is 3. The lowest BCUT2D eigenvalue weighted by Crippen LogP contribution is -2.16. The molecule has 12 heavy (non-hydrogen) atoms. The first-order valence-electron chi connectivity index (χ1n) is 3.67. The van der Waals surface area contributed by atoms with Crippen LogP contribution in [-0.4, -0.2) is 26.0 Å². The molecule has 0 aromatic carbocycles. The highest BCUT2D eigenvalue weighted by molar-refractivity contribution is 5.85. The van der Waals surface area contributed by atoms with Crippen molar-refractivity contribution in [1.29, 1.82) is 0 Å². The first kappa shape index (κ1) is 11.0. The van der Waals surface area contributed by atoms with Gasteiger partial charge in [0, 0.05) is 6.61 Å². The Balaban J connectivity index is 3.76. The van der Waals surface area contributed by atoms with Crippen molar-refractivity contribution < 1.29 is 19.0 Å². The smallest absolute Gasteiger partial charge is 0.372 e. The molecule has 0 fully saturated rings. The Bertz CT molecular complexity index is 164. The van der Waals surface area contributed by atoms with Gasteiger partial charge in [-0.2, -0.15) is 0 Å². The largest absolute Gasteiger partial charge is 0.463 e. The molecule has 4 heteroatoms. The Hall–Kier alpha value is -1.03. The Morgan fingerprint density at radius 3 is 2.58 bits per heavy atom. The molecule has 0 spiro atoms. The summed E-state index contributed by atoms with van der Waals surface area (Å²) in [6, 6.07) is 0. The minimum atomic E-state index is -0.582. The molecule has 0 aromatic heterocycles. The fourth-order valence-electron chi connectivity index (χ4n) is 0.631. The molecular formula is C8H14O4.